The van der Waals surface area contributed by atoms with Crippen LogP contribution in [0.1, 0.15) is 41.2 Å². The van der Waals surface area contributed by atoms with E-state index in [9.17, 15) is 13.2 Å². The molecule has 146 valence electrons. The average Bonchev–Trinajstić information content (AvgIpc) is 3.35. The summed E-state index contributed by atoms with van der Waals surface area (Å²) >= 11 is 1.54. The minimum absolute atomic E-state index is 0.175. The Morgan fingerprint density at radius 1 is 1.21 bits per heavy atom. The molecular formula is C20H20N2O4S2. The first-order valence-corrected chi connectivity index (χ1v) is 11.4. The van der Waals surface area contributed by atoms with E-state index >= 15 is 0 Å². The fourth-order valence-corrected chi connectivity index (χ4v) is 6.26. The Kier molecular flexibility index (Phi) is 5.18. The molecule has 1 aliphatic rings. The number of carbonyl (C=O) groups is 1. The van der Waals surface area contributed by atoms with Crippen LogP contribution in [0.25, 0.3) is 10.2 Å². The number of para-hydroxylation sites is 1. The molecule has 1 aromatic heterocycles. The van der Waals surface area contributed by atoms with Crippen LogP contribution >= 0.6 is 11.3 Å². The van der Waals surface area contributed by atoms with Crippen molar-refractivity contribution in [2.75, 3.05) is 13.2 Å². The molecule has 0 bridgehead atoms. The first kappa shape index (κ1) is 19.0. The predicted octanol–water partition coefficient (Wildman–Crippen LogP) is 4.00. The SMILES string of the molecule is CCOC(=O)c1ccc(S(=O)(=O)N2CCC[C@@H]2c2nc3ccccc3s2)cc1. The standard InChI is InChI=1S/C20H20N2O4S2/c1-2-26-20(23)14-9-11-15(12-10-14)28(24,25)22-13-5-7-17(22)19-21-16-6-3-4-8-18(16)27-19/h3-4,6,8-12,17H,2,5,7,13H2,1H3/t17-/m1/s1. The maximum absolute atomic E-state index is 13.2. The van der Waals surface area contributed by atoms with Gasteiger partial charge in [0.2, 0.25) is 10.0 Å². The summed E-state index contributed by atoms with van der Waals surface area (Å²) in [4.78, 5) is 16.6. The van der Waals surface area contributed by atoms with Gasteiger partial charge in [-0.25, -0.2) is 18.2 Å². The van der Waals surface area contributed by atoms with E-state index in [4.69, 9.17) is 4.74 Å². The van der Waals surface area contributed by atoms with Gasteiger partial charge in [0.05, 0.1) is 33.3 Å². The molecule has 0 spiro atoms. The highest BCUT2D eigenvalue weighted by molar-refractivity contribution is 7.89. The number of esters is 1. The van der Waals surface area contributed by atoms with Crippen LogP contribution < -0.4 is 0 Å². The molecule has 1 aliphatic heterocycles. The van der Waals surface area contributed by atoms with Gasteiger partial charge in [0, 0.05) is 6.54 Å². The second-order valence-corrected chi connectivity index (χ2v) is 9.49. The predicted molar refractivity (Wildman–Crippen MR) is 108 cm³/mol. The summed E-state index contributed by atoms with van der Waals surface area (Å²) in [6, 6.07) is 13.5. The number of benzene rings is 2. The lowest BCUT2D eigenvalue weighted by atomic mass is 10.2. The van der Waals surface area contributed by atoms with Crippen molar-refractivity contribution in [1.82, 2.24) is 9.29 Å². The van der Waals surface area contributed by atoms with Crippen LogP contribution in [0, 0.1) is 0 Å². The fourth-order valence-electron chi connectivity index (χ4n) is 3.42. The third-order valence-corrected chi connectivity index (χ3v) is 7.83. The molecule has 8 heteroatoms. The van der Waals surface area contributed by atoms with Gasteiger partial charge in [-0.1, -0.05) is 12.1 Å². The molecule has 2 aromatic carbocycles. The third kappa shape index (κ3) is 3.43. The van der Waals surface area contributed by atoms with E-state index in [-0.39, 0.29) is 17.5 Å². The Hall–Kier alpha value is -2.29. The maximum atomic E-state index is 13.2. The van der Waals surface area contributed by atoms with Crippen LogP contribution in [0.5, 0.6) is 0 Å². The van der Waals surface area contributed by atoms with Crippen molar-refractivity contribution < 1.29 is 17.9 Å². The van der Waals surface area contributed by atoms with Crippen molar-refractivity contribution in [3.63, 3.8) is 0 Å². The number of aromatic nitrogens is 1. The van der Waals surface area contributed by atoms with Gasteiger partial charge in [-0.15, -0.1) is 11.3 Å². The van der Waals surface area contributed by atoms with Crippen molar-refractivity contribution in [2.45, 2.75) is 30.7 Å². The Labute approximate surface area is 167 Å². The van der Waals surface area contributed by atoms with Crippen molar-refractivity contribution in [3.05, 3.63) is 59.1 Å². The normalized spacial score (nSPS) is 17.8. The molecule has 0 saturated carbocycles. The Morgan fingerprint density at radius 3 is 2.68 bits per heavy atom. The van der Waals surface area contributed by atoms with Crippen molar-refractivity contribution in [1.29, 1.82) is 0 Å². The van der Waals surface area contributed by atoms with Crippen molar-refractivity contribution in [2.24, 2.45) is 0 Å². The van der Waals surface area contributed by atoms with Crippen LogP contribution in [0.2, 0.25) is 0 Å². The van der Waals surface area contributed by atoms with E-state index in [1.165, 1.54) is 28.6 Å². The summed E-state index contributed by atoms with van der Waals surface area (Å²) in [5.74, 6) is -0.458. The van der Waals surface area contributed by atoms with E-state index in [0.29, 0.717) is 12.1 Å². The fraction of sp³-hybridized carbons (Fsp3) is 0.300. The average molecular weight is 417 g/mol. The molecule has 3 aromatic rings. The second-order valence-electron chi connectivity index (χ2n) is 6.54. The molecular weight excluding hydrogens is 396 g/mol. The number of hydrogen-bond donors (Lipinski definition) is 0. The first-order valence-electron chi connectivity index (χ1n) is 9.15. The van der Waals surface area contributed by atoms with Gasteiger partial charge in [-0.3, -0.25) is 0 Å². The minimum atomic E-state index is -3.68. The van der Waals surface area contributed by atoms with E-state index in [1.54, 1.807) is 18.3 Å². The molecule has 0 amide bonds. The van der Waals surface area contributed by atoms with Gasteiger partial charge < -0.3 is 4.74 Å². The smallest absolute Gasteiger partial charge is 0.338 e. The highest BCUT2D eigenvalue weighted by Crippen LogP contribution is 2.39. The molecule has 1 atom stereocenters. The number of rotatable bonds is 5. The zero-order valence-corrected chi connectivity index (χ0v) is 17.0. The maximum Gasteiger partial charge on any atom is 0.338 e. The lowest BCUT2D eigenvalue weighted by Gasteiger charge is -2.22. The van der Waals surface area contributed by atoms with Gasteiger partial charge in [-0.05, 0) is 56.2 Å². The highest BCUT2D eigenvalue weighted by atomic mass is 32.2. The molecule has 28 heavy (non-hydrogen) atoms. The molecule has 0 aliphatic carbocycles. The van der Waals surface area contributed by atoms with Crippen molar-refractivity contribution in [3.8, 4) is 0 Å². The zero-order chi connectivity index (χ0) is 19.7. The summed E-state index contributed by atoms with van der Waals surface area (Å²) in [5.41, 5.74) is 1.23. The van der Waals surface area contributed by atoms with E-state index in [0.717, 1.165) is 28.1 Å². The van der Waals surface area contributed by atoms with Crippen LogP contribution in [0.15, 0.2) is 53.4 Å². The zero-order valence-electron chi connectivity index (χ0n) is 15.4. The minimum Gasteiger partial charge on any atom is -0.462 e. The molecule has 0 unspecified atom stereocenters. The van der Waals surface area contributed by atoms with E-state index in [1.807, 2.05) is 24.3 Å². The van der Waals surface area contributed by atoms with E-state index in [2.05, 4.69) is 4.98 Å². The number of thiazole rings is 1. The molecule has 2 heterocycles. The van der Waals surface area contributed by atoms with Crippen LogP contribution in [-0.2, 0) is 14.8 Å². The number of ether oxygens (including phenoxy) is 1. The molecule has 1 fully saturated rings. The monoisotopic (exact) mass is 416 g/mol. The molecule has 0 radical (unpaired) electrons. The number of nitrogens with zero attached hydrogens (tertiary/aromatic N) is 2. The summed E-state index contributed by atoms with van der Waals surface area (Å²) in [6.07, 6.45) is 1.54. The van der Waals surface area contributed by atoms with Crippen LogP contribution in [0.3, 0.4) is 0 Å². The van der Waals surface area contributed by atoms with E-state index < -0.39 is 16.0 Å². The molecule has 0 N–H and O–H groups in total. The quantitative estimate of drug-likeness (QED) is 0.588. The Balaban J connectivity index is 1.63. The highest BCUT2D eigenvalue weighted by Gasteiger charge is 2.37. The van der Waals surface area contributed by atoms with Gasteiger partial charge in [0.15, 0.2) is 0 Å². The molecule has 6 nitrogen and oxygen atoms in total. The topological polar surface area (TPSA) is 76.6 Å². The van der Waals surface area contributed by atoms with Crippen LogP contribution in [-0.4, -0.2) is 36.8 Å². The number of hydrogen-bond acceptors (Lipinski definition) is 6. The number of sulfonamides is 1. The summed E-state index contributed by atoms with van der Waals surface area (Å²) < 4.78 is 34.0. The number of carbonyl (C=O) groups excluding carboxylic acids is 1. The second kappa shape index (κ2) is 7.62. The Bertz CT molecular complexity index is 1070. The van der Waals surface area contributed by atoms with Gasteiger partial charge in [0.25, 0.3) is 0 Å². The lowest BCUT2D eigenvalue weighted by Crippen LogP contribution is -2.30. The largest absolute Gasteiger partial charge is 0.462 e. The van der Waals surface area contributed by atoms with Crippen molar-refractivity contribution >= 4 is 37.5 Å². The summed E-state index contributed by atoms with van der Waals surface area (Å²) in [5, 5.41) is 0.824. The van der Waals surface area contributed by atoms with Gasteiger partial charge in [0.1, 0.15) is 5.01 Å². The van der Waals surface area contributed by atoms with Crippen LogP contribution in [0.4, 0.5) is 0 Å². The summed E-state index contributed by atoms with van der Waals surface area (Å²) in [6.45, 7) is 2.46. The summed E-state index contributed by atoms with van der Waals surface area (Å²) in [7, 11) is -3.68. The van der Waals surface area contributed by atoms with Gasteiger partial charge in [-0.2, -0.15) is 4.31 Å². The first-order chi connectivity index (χ1) is 13.5. The molecule has 4 rings (SSSR count). The van der Waals surface area contributed by atoms with Gasteiger partial charge >= 0.3 is 5.97 Å². The Morgan fingerprint density at radius 2 is 1.96 bits per heavy atom. The molecule has 1 saturated heterocycles. The lowest BCUT2D eigenvalue weighted by molar-refractivity contribution is 0.0526. The third-order valence-electron chi connectivity index (χ3n) is 4.77. The number of fused-ring (bicyclic) bond motifs is 1.